The third-order valence-corrected chi connectivity index (χ3v) is 10.7. The molecule has 0 bridgehead atoms. The zero-order chi connectivity index (χ0) is 28.5. The average molecular weight is 572 g/mol. The standard InChI is InChI=1S/C30H43N2O5SSi/c1-19(27-26(29(34)31-27)24(30(2,3)4)18-37-39(5)6)28(33)23-16-20-12-10-11-13-21(20)17-25(23)38(35,36)32-22-14-8-7-9-15-22/h10-13,16-17,19,22,24,26-27,32H,7-9,14-15,18H2,1-6H3,(H,31,34)/t19-,24-,26+,27-/m1/s1. The van der Waals surface area contributed by atoms with Crippen LogP contribution in [0.15, 0.2) is 41.3 Å². The number of carbonyl (C=O) groups excluding carboxylic acids is 2. The van der Waals surface area contributed by atoms with Gasteiger partial charge in [-0.25, -0.2) is 13.1 Å². The summed E-state index contributed by atoms with van der Waals surface area (Å²) in [6.45, 7) is 12.7. The summed E-state index contributed by atoms with van der Waals surface area (Å²) < 4.78 is 36.3. The number of nitrogens with one attached hydrogen (secondary N) is 2. The third-order valence-electron chi connectivity index (χ3n) is 8.38. The van der Waals surface area contributed by atoms with Crippen LogP contribution in [0.2, 0.25) is 13.1 Å². The highest BCUT2D eigenvalue weighted by molar-refractivity contribution is 7.89. The Morgan fingerprint density at radius 1 is 1.10 bits per heavy atom. The maximum atomic E-state index is 14.1. The Morgan fingerprint density at radius 3 is 2.28 bits per heavy atom. The Hall–Kier alpha value is -2.07. The number of amides is 1. The highest BCUT2D eigenvalue weighted by Crippen LogP contribution is 2.41. The van der Waals surface area contributed by atoms with Gasteiger partial charge in [-0.3, -0.25) is 9.59 Å². The predicted molar refractivity (Wildman–Crippen MR) is 156 cm³/mol. The van der Waals surface area contributed by atoms with E-state index in [1.54, 1.807) is 19.1 Å². The molecule has 39 heavy (non-hydrogen) atoms. The summed E-state index contributed by atoms with van der Waals surface area (Å²) in [6, 6.07) is 10.3. The van der Waals surface area contributed by atoms with E-state index in [2.05, 4.69) is 43.9 Å². The van der Waals surface area contributed by atoms with Crippen LogP contribution in [0.25, 0.3) is 10.8 Å². The number of fused-ring (bicyclic) bond motifs is 1. The number of Topliss-reactive ketones (excluding diaryl/α,β-unsaturated/α-hetero) is 1. The lowest BCUT2D eigenvalue weighted by atomic mass is 9.64. The van der Waals surface area contributed by atoms with Gasteiger partial charge in [-0.2, -0.15) is 0 Å². The summed E-state index contributed by atoms with van der Waals surface area (Å²) >= 11 is 0. The number of rotatable bonds is 10. The summed E-state index contributed by atoms with van der Waals surface area (Å²) in [5.74, 6) is -1.40. The van der Waals surface area contributed by atoms with Crippen molar-refractivity contribution in [1.82, 2.24) is 10.0 Å². The van der Waals surface area contributed by atoms with E-state index >= 15 is 0 Å². The van der Waals surface area contributed by atoms with E-state index in [4.69, 9.17) is 4.43 Å². The molecule has 2 fully saturated rings. The molecule has 4 rings (SSSR count). The van der Waals surface area contributed by atoms with Crippen molar-refractivity contribution in [3.63, 3.8) is 0 Å². The van der Waals surface area contributed by atoms with Crippen molar-refractivity contribution in [3.05, 3.63) is 42.0 Å². The van der Waals surface area contributed by atoms with Crippen molar-refractivity contribution < 1.29 is 22.4 Å². The summed E-state index contributed by atoms with van der Waals surface area (Å²) in [5.41, 5.74) is -0.0251. The van der Waals surface area contributed by atoms with Crippen LogP contribution < -0.4 is 10.0 Å². The van der Waals surface area contributed by atoms with E-state index < -0.39 is 31.0 Å². The number of ketones is 1. The second-order valence-corrected chi connectivity index (χ2v) is 16.3. The monoisotopic (exact) mass is 571 g/mol. The summed E-state index contributed by atoms with van der Waals surface area (Å²) in [5, 5.41) is 4.54. The van der Waals surface area contributed by atoms with Gasteiger partial charge in [0.25, 0.3) is 0 Å². The van der Waals surface area contributed by atoms with Crippen LogP contribution in [0.3, 0.4) is 0 Å². The van der Waals surface area contributed by atoms with Crippen LogP contribution in [-0.2, 0) is 19.2 Å². The van der Waals surface area contributed by atoms with Gasteiger partial charge >= 0.3 is 0 Å². The molecular weight excluding hydrogens is 528 g/mol. The molecule has 1 aliphatic carbocycles. The molecule has 7 nitrogen and oxygen atoms in total. The SMILES string of the molecule is C[C@@H](C(=O)c1cc2ccccc2cc1S(=O)(=O)NC1CCCCC1)[C@H]1NC(=O)[C@H]1[C@@H](CO[Si](C)C)C(C)(C)C. The highest BCUT2D eigenvalue weighted by atomic mass is 32.2. The maximum absolute atomic E-state index is 14.1. The van der Waals surface area contributed by atoms with Crippen LogP contribution in [0, 0.1) is 23.2 Å². The smallest absolute Gasteiger partial charge is 0.241 e. The first kappa shape index (κ1) is 29.9. The average Bonchev–Trinajstić information content (AvgIpc) is 2.87. The molecule has 9 heteroatoms. The summed E-state index contributed by atoms with van der Waals surface area (Å²) in [7, 11) is -4.88. The second-order valence-electron chi connectivity index (χ2n) is 12.6. The van der Waals surface area contributed by atoms with Crippen LogP contribution >= 0.6 is 0 Å². The Balaban J connectivity index is 1.68. The minimum absolute atomic E-state index is 0.0192. The van der Waals surface area contributed by atoms with Crippen LogP contribution in [-0.4, -0.2) is 47.8 Å². The molecule has 1 radical (unpaired) electrons. The van der Waals surface area contributed by atoms with Crippen LogP contribution in [0.5, 0.6) is 0 Å². The fourth-order valence-electron chi connectivity index (χ4n) is 5.98. The number of hydrogen-bond donors (Lipinski definition) is 2. The fraction of sp³-hybridized carbons (Fsp3) is 0.600. The first-order chi connectivity index (χ1) is 18.3. The zero-order valence-corrected chi connectivity index (χ0v) is 25.9. The number of β-lactam (4-membered cyclic amide) rings is 1. The van der Waals surface area contributed by atoms with Crippen molar-refractivity contribution in [1.29, 1.82) is 0 Å². The molecule has 1 saturated heterocycles. The first-order valence-corrected chi connectivity index (χ1v) is 18.0. The molecule has 2 aliphatic rings. The number of carbonyl (C=O) groups is 2. The fourth-order valence-corrected chi connectivity index (χ4v) is 8.03. The molecule has 213 valence electrons. The van der Waals surface area contributed by atoms with Gasteiger partial charge in [0.15, 0.2) is 5.78 Å². The number of benzene rings is 2. The highest BCUT2D eigenvalue weighted by Gasteiger charge is 2.52. The Labute approximate surface area is 235 Å². The van der Waals surface area contributed by atoms with E-state index in [0.29, 0.717) is 6.61 Å². The van der Waals surface area contributed by atoms with Crippen molar-refractivity contribution in [2.75, 3.05) is 6.61 Å². The van der Waals surface area contributed by atoms with Crippen LogP contribution in [0.1, 0.15) is 70.2 Å². The Bertz CT molecular complexity index is 1310. The van der Waals surface area contributed by atoms with Crippen molar-refractivity contribution in [3.8, 4) is 0 Å². The molecule has 4 atom stereocenters. The van der Waals surface area contributed by atoms with E-state index in [9.17, 15) is 18.0 Å². The first-order valence-electron chi connectivity index (χ1n) is 14.1. The topological polar surface area (TPSA) is 102 Å². The van der Waals surface area contributed by atoms with Gasteiger partial charge in [-0.15, -0.1) is 0 Å². The molecule has 2 aromatic carbocycles. The van der Waals surface area contributed by atoms with Crippen LogP contribution in [0.4, 0.5) is 0 Å². The molecule has 0 aromatic heterocycles. The second kappa shape index (κ2) is 11.8. The third kappa shape index (κ3) is 6.64. The quantitative estimate of drug-likeness (QED) is 0.229. The van der Waals surface area contributed by atoms with E-state index in [0.717, 1.165) is 42.9 Å². The minimum Gasteiger partial charge on any atom is -0.417 e. The number of hydrogen-bond acceptors (Lipinski definition) is 5. The largest absolute Gasteiger partial charge is 0.417 e. The van der Waals surface area contributed by atoms with Gasteiger partial charge in [0.2, 0.25) is 25.0 Å². The molecule has 0 spiro atoms. The van der Waals surface area contributed by atoms with Gasteiger partial charge in [0.05, 0.1) is 16.9 Å². The van der Waals surface area contributed by atoms with Crippen molar-refractivity contribution in [2.24, 2.45) is 23.2 Å². The normalized spacial score (nSPS) is 22.4. The lowest BCUT2D eigenvalue weighted by Gasteiger charge is -2.48. The predicted octanol–water partition coefficient (Wildman–Crippen LogP) is 5.31. The molecule has 0 unspecified atom stereocenters. The van der Waals surface area contributed by atoms with Crippen molar-refractivity contribution >= 4 is 41.5 Å². The lowest BCUT2D eigenvalue weighted by molar-refractivity contribution is -0.143. The molecule has 1 aliphatic heterocycles. The molecule has 1 heterocycles. The van der Waals surface area contributed by atoms with Gasteiger partial charge in [0.1, 0.15) is 0 Å². The minimum atomic E-state index is -3.93. The Morgan fingerprint density at radius 2 is 1.72 bits per heavy atom. The molecule has 1 saturated carbocycles. The maximum Gasteiger partial charge on any atom is 0.241 e. The van der Waals surface area contributed by atoms with Gasteiger partial charge < -0.3 is 9.74 Å². The van der Waals surface area contributed by atoms with E-state index in [1.807, 2.05) is 24.3 Å². The molecule has 2 aromatic rings. The molecule has 2 N–H and O–H groups in total. The lowest BCUT2D eigenvalue weighted by Crippen LogP contribution is -2.66. The van der Waals surface area contributed by atoms with Crippen molar-refractivity contribution in [2.45, 2.75) is 89.9 Å². The number of sulfonamides is 1. The van der Waals surface area contributed by atoms with Gasteiger partial charge in [-0.1, -0.05) is 71.2 Å². The summed E-state index contributed by atoms with van der Waals surface area (Å²) in [4.78, 5) is 27.0. The zero-order valence-electron chi connectivity index (χ0n) is 24.0. The van der Waals surface area contributed by atoms with Gasteiger partial charge in [0, 0.05) is 24.1 Å². The Kier molecular flexibility index (Phi) is 9.05. The van der Waals surface area contributed by atoms with E-state index in [-0.39, 0.29) is 45.4 Å². The molecular formula is C30H43N2O5SSi. The summed E-state index contributed by atoms with van der Waals surface area (Å²) in [6.07, 6.45) is 4.71. The van der Waals surface area contributed by atoms with E-state index in [1.165, 1.54) is 0 Å². The molecule has 1 amide bonds. The van der Waals surface area contributed by atoms with Gasteiger partial charge in [-0.05, 0) is 60.2 Å².